The Morgan fingerprint density at radius 1 is 1.37 bits per heavy atom. The van der Waals surface area contributed by atoms with Crippen LogP contribution in [0.2, 0.25) is 0 Å². The van der Waals surface area contributed by atoms with Gasteiger partial charge in [0.25, 0.3) is 5.89 Å². The minimum atomic E-state index is -0.156. The number of rotatable bonds is 4. The van der Waals surface area contributed by atoms with Gasteiger partial charge in [0.1, 0.15) is 17.6 Å². The number of nitrogens with zero attached hydrogens (tertiary/aromatic N) is 2. The van der Waals surface area contributed by atoms with Crippen LogP contribution in [0.1, 0.15) is 24.8 Å². The van der Waals surface area contributed by atoms with Crippen molar-refractivity contribution in [2.45, 2.75) is 18.9 Å². The second-order valence-corrected chi connectivity index (χ2v) is 4.65. The van der Waals surface area contributed by atoms with E-state index in [1.165, 1.54) is 18.2 Å². The van der Waals surface area contributed by atoms with Crippen molar-refractivity contribution in [3.63, 3.8) is 0 Å². The van der Waals surface area contributed by atoms with Crippen LogP contribution in [0.25, 0.3) is 11.5 Å². The van der Waals surface area contributed by atoms with Crippen molar-refractivity contribution in [2.75, 3.05) is 7.11 Å². The Hall–Kier alpha value is -2.08. The zero-order valence-electron chi connectivity index (χ0n) is 10.4. The SMILES string of the molecule is COC(c1noc(-c2ccc(O)cc2O)n1)C1CC1. The van der Waals surface area contributed by atoms with E-state index in [2.05, 4.69) is 10.1 Å². The molecule has 19 heavy (non-hydrogen) atoms. The van der Waals surface area contributed by atoms with E-state index >= 15 is 0 Å². The highest BCUT2D eigenvalue weighted by molar-refractivity contribution is 5.63. The molecule has 2 aromatic rings. The maximum absolute atomic E-state index is 9.75. The van der Waals surface area contributed by atoms with Gasteiger partial charge in [0.15, 0.2) is 0 Å². The highest BCUT2D eigenvalue weighted by atomic mass is 16.5. The molecule has 0 amide bonds. The van der Waals surface area contributed by atoms with Crippen LogP contribution in [-0.4, -0.2) is 27.5 Å². The standard InChI is InChI=1S/C13H14N2O4/c1-18-11(7-2-3-7)12-14-13(19-15-12)9-5-4-8(16)6-10(9)17/h4-7,11,16-17H,2-3H2,1H3. The summed E-state index contributed by atoms with van der Waals surface area (Å²) in [6.07, 6.45) is 2.05. The summed E-state index contributed by atoms with van der Waals surface area (Å²) in [6, 6.07) is 4.21. The summed E-state index contributed by atoms with van der Waals surface area (Å²) in [6.45, 7) is 0. The number of benzene rings is 1. The van der Waals surface area contributed by atoms with Crippen LogP contribution in [0.5, 0.6) is 11.5 Å². The van der Waals surface area contributed by atoms with Crippen LogP contribution in [0.3, 0.4) is 0 Å². The van der Waals surface area contributed by atoms with Gasteiger partial charge in [0, 0.05) is 13.2 Å². The molecule has 0 spiro atoms. The Labute approximate surface area is 109 Å². The first-order valence-electron chi connectivity index (χ1n) is 6.08. The summed E-state index contributed by atoms with van der Waals surface area (Å²) in [7, 11) is 1.62. The van der Waals surface area contributed by atoms with Crippen molar-refractivity contribution < 1.29 is 19.5 Å². The van der Waals surface area contributed by atoms with Gasteiger partial charge in [-0.3, -0.25) is 0 Å². The average molecular weight is 262 g/mol. The molecule has 1 heterocycles. The molecule has 0 saturated heterocycles. The zero-order valence-corrected chi connectivity index (χ0v) is 10.4. The third-order valence-corrected chi connectivity index (χ3v) is 3.21. The molecule has 2 N–H and O–H groups in total. The van der Waals surface area contributed by atoms with Crippen molar-refractivity contribution >= 4 is 0 Å². The Morgan fingerprint density at radius 3 is 2.79 bits per heavy atom. The molecule has 1 fully saturated rings. The largest absolute Gasteiger partial charge is 0.508 e. The maximum Gasteiger partial charge on any atom is 0.261 e. The van der Waals surface area contributed by atoms with Crippen LogP contribution >= 0.6 is 0 Å². The lowest BCUT2D eigenvalue weighted by atomic mass is 10.2. The summed E-state index contributed by atoms with van der Waals surface area (Å²) in [4.78, 5) is 4.26. The first-order valence-corrected chi connectivity index (χ1v) is 6.08. The Morgan fingerprint density at radius 2 is 2.16 bits per heavy atom. The van der Waals surface area contributed by atoms with Crippen molar-refractivity contribution in [3.8, 4) is 23.0 Å². The molecule has 0 aliphatic heterocycles. The Balaban J connectivity index is 1.91. The van der Waals surface area contributed by atoms with Gasteiger partial charge in [-0.25, -0.2) is 0 Å². The van der Waals surface area contributed by atoms with Crippen LogP contribution < -0.4 is 0 Å². The molecular formula is C13H14N2O4. The lowest BCUT2D eigenvalue weighted by molar-refractivity contribution is 0.0751. The van der Waals surface area contributed by atoms with Crippen molar-refractivity contribution in [1.29, 1.82) is 0 Å². The van der Waals surface area contributed by atoms with Crippen molar-refractivity contribution in [2.24, 2.45) is 5.92 Å². The molecule has 1 aliphatic rings. The third kappa shape index (κ3) is 2.26. The predicted molar refractivity (Wildman–Crippen MR) is 65.5 cm³/mol. The monoisotopic (exact) mass is 262 g/mol. The first-order chi connectivity index (χ1) is 9.19. The molecule has 6 nitrogen and oxygen atoms in total. The van der Waals surface area contributed by atoms with E-state index in [0.29, 0.717) is 17.3 Å². The van der Waals surface area contributed by atoms with E-state index in [1.807, 2.05) is 0 Å². The molecule has 1 atom stereocenters. The molecule has 1 saturated carbocycles. The number of phenols is 2. The summed E-state index contributed by atoms with van der Waals surface area (Å²) >= 11 is 0. The first kappa shape index (κ1) is 12.0. The topological polar surface area (TPSA) is 88.6 Å². The van der Waals surface area contributed by atoms with Gasteiger partial charge in [-0.1, -0.05) is 5.16 Å². The van der Waals surface area contributed by atoms with Crippen LogP contribution in [0, 0.1) is 5.92 Å². The molecule has 1 aromatic carbocycles. The fraction of sp³-hybridized carbons (Fsp3) is 0.385. The second kappa shape index (κ2) is 4.55. The molecule has 1 aromatic heterocycles. The van der Waals surface area contributed by atoms with Gasteiger partial charge in [-0.15, -0.1) is 0 Å². The van der Waals surface area contributed by atoms with E-state index in [-0.39, 0.29) is 23.5 Å². The molecule has 6 heteroatoms. The molecular weight excluding hydrogens is 248 g/mol. The van der Waals surface area contributed by atoms with Gasteiger partial charge in [0.05, 0.1) is 5.56 Å². The van der Waals surface area contributed by atoms with Crippen LogP contribution in [-0.2, 0) is 4.74 Å². The predicted octanol–water partition coefficient (Wildman–Crippen LogP) is 2.25. The zero-order chi connectivity index (χ0) is 13.4. The molecule has 0 radical (unpaired) electrons. The number of aromatic hydroxyl groups is 2. The number of ether oxygens (including phenoxy) is 1. The molecule has 0 bridgehead atoms. The Bertz CT molecular complexity index is 592. The van der Waals surface area contributed by atoms with Crippen LogP contribution in [0.15, 0.2) is 22.7 Å². The average Bonchev–Trinajstić information content (AvgIpc) is 3.09. The number of hydrogen-bond donors (Lipinski definition) is 2. The summed E-state index contributed by atoms with van der Waals surface area (Å²) in [5.41, 5.74) is 0.391. The van der Waals surface area contributed by atoms with Crippen molar-refractivity contribution in [1.82, 2.24) is 10.1 Å². The number of aromatic nitrogens is 2. The van der Waals surface area contributed by atoms with Gasteiger partial charge >= 0.3 is 0 Å². The van der Waals surface area contributed by atoms with E-state index in [1.54, 1.807) is 7.11 Å². The molecule has 1 aliphatic carbocycles. The normalized spacial score (nSPS) is 16.5. The van der Waals surface area contributed by atoms with E-state index < -0.39 is 0 Å². The molecule has 1 unspecified atom stereocenters. The van der Waals surface area contributed by atoms with Crippen molar-refractivity contribution in [3.05, 3.63) is 24.0 Å². The lowest BCUT2D eigenvalue weighted by Gasteiger charge is -2.08. The summed E-state index contributed by atoms with van der Waals surface area (Å²) < 4.78 is 10.5. The van der Waals surface area contributed by atoms with Crippen LogP contribution in [0.4, 0.5) is 0 Å². The van der Waals surface area contributed by atoms with Gasteiger partial charge in [0.2, 0.25) is 5.82 Å². The minimum absolute atomic E-state index is 0.0197. The highest BCUT2D eigenvalue weighted by Crippen LogP contribution is 2.42. The van der Waals surface area contributed by atoms with Gasteiger partial charge < -0.3 is 19.5 Å². The lowest BCUT2D eigenvalue weighted by Crippen LogP contribution is -2.05. The highest BCUT2D eigenvalue weighted by Gasteiger charge is 2.35. The number of phenolic OH excluding ortho intramolecular Hbond substituents is 2. The molecule has 100 valence electrons. The number of hydrogen-bond acceptors (Lipinski definition) is 6. The summed E-state index contributed by atoms with van der Waals surface area (Å²) in [5.74, 6) is 1.04. The number of methoxy groups -OCH3 is 1. The maximum atomic E-state index is 9.75. The fourth-order valence-corrected chi connectivity index (χ4v) is 2.07. The van der Waals surface area contributed by atoms with E-state index in [0.717, 1.165) is 12.8 Å². The van der Waals surface area contributed by atoms with E-state index in [4.69, 9.17) is 9.26 Å². The smallest absolute Gasteiger partial charge is 0.261 e. The summed E-state index contributed by atoms with van der Waals surface area (Å²) in [5, 5.41) is 22.9. The minimum Gasteiger partial charge on any atom is -0.508 e. The Kier molecular flexibility index (Phi) is 2.87. The second-order valence-electron chi connectivity index (χ2n) is 4.65. The fourth-order valence-electron chi connectivity index (χ4n) is 2.07. The third-order valence-electron chi connectivity index (χ3n) is 3.21. The van der Waals surface area contributed by atoms with Gasteiger partial charge in [-0.05, 0) is 30.9 Å². The molecule has 3 rings (SSSR count). The van der Waals surface area contributed by atoms with Gasteiger partial charge in [-0.2, -0.15) is 4.98 Å². The van der Waals surface area contributed by atoms with E-state index in [9.17, 15) is 10.2 Å². The quantitative estimate of drug-likeness (QED) is 0.878.